The zero-order valence-corrected chi connectivity index (χ0v) is 8.41. The number of aliphatic hydroxyl groups excluding tert-OH is 1. The van der Waals surface area contributed by atoms with Gasteiger partial charge in [0.2, 0.25) is 0 Å². The maximum Gasteiger partial charge on any atom is 0.118 e. The highest BCUT2D eigenvalue weighted by atomic mass is 79.9. The van der Waals surface area contributed by atoms with Gasteiger partial charge in [0, 0.05) is 0 Å². The second-order valence-corrected chi connectivity index (χ2v) is 3.53. The summed E-state index contributed by atoms with van der Waals surface area (Å²) in [6.45, 7) is 0.104. The Bertz CT molecular complexity index is 233. The smallest absolute Gasteiger partial charge is 0.118 e. The number of aliphatic hydroxyl groups is 1. The highest BCUT2D eigenvalue weighted by Crippen LogP contribution is 2.23. The van der Waals surface area contributed by atoms with Gasteiger partial charge >= 0.3 is 0 Å². The van der Waals surface area contributed by atoms with Gasteiger partial charge in [-0.25, -0.2) is 0 Å². The lowest BCUT2D eigenvalue weighted by molar-refractivity contribution is 0.298. The zero-order chi connectivity index (χ0) is 8.97. The van der Waals surface area contributed by atoms with E-state index < -0.39 is 0 Å². The van der Waals surface area contributed by atoms with Gasteiger partial charge in [-0.3, -0.25) is 0 Å². The molecule has 0 radical (unpaired) electrons. The van der Waals surface area contributed by atoms with Crippen LogP contribution in [-0.4, -0.2) is 18.8 Å². The second kappa shape index (κ2) is 4.48. The predicted molar refractivity (Wildman–Crippen MR) is 51.7 cm³/mol. The number of halogens is 1. The van der Waals surface area contributed by atoms with Crippen LogP contribution < -0.4 is 4.74 Å². The van der Waals surface area contributed by atoms with Crippen LogP contribution >= 0.6 is 15.9 Å². The first kappa shape index (κ1) is 9.55. The molecule has 0 aliphatic rings. The van der Waals surface area contributed by atoms with Crippen molar-refractivity contribution in [1.82, 2.24) is 0 Å². The third-order valence-electron chi connectivity index (χ3n) is 1.64. The van der Waals surface area contributed by atoms with Crippen molar-refractivity contribution in [3.05, 3.63) is 29.8 Å². The summed E-state index contributed by atoms with van der Waals surface area (Å²) in [5.41, 5.74) is 1.05. The fraction of sp³-hybridized carbons (Fsp3) is 0.333. The number of alkyl halides is 1. The highest BCUT2D eigenvalue weighted by molar-refractivity contribution is 9.09. The van der Waals surface area contributed by atoms with E-state index in [9.17, 15) is 0 Å². The van der Waals surface area contributed by atoms with Crippen LogP contribution in [0.3, 0.4) is 0 Å². The van der Waals surface area contributed by atoms with Gasteiger partial charge in [0.05, 0.1) is 18.5 Å². The number of rotatable bonds is 3. The predicted octanol–water partition coefficient (Wildman–Crippen LogP) is 2.12. The Morgan fingerprint density at radius 3 is 2.42 bits per heavy atom. The number of hydrogen-bond donors (Lipinski definition) is 1. The maximum absolute atomic E-state index is 8.84. The highest BCUT2D eigenvalue weighted by Gasteiger charge is 2.04. The summed E-state index contributed by atoms with van der Waals surface area (Å²) in [6.07, 6.45) is 0. The Kier molecular flexibility index (Phi) is 3.56. The fourth-order valence-corrected chi connectivity index (χ4v) is 1.22. The topological polar surface area (TPSA) is 29.5 Å². The number of methoxy groups -OCH3 is 1. The van der Waals surface area contributed by atoms with Crippen LogP contribution in [-0.2, 0) is 0 Å². The molecule has 0 heterocycles. The molecular formula is C9H11BrO2. The molecule has 12 heavy (non-hydrogen) atoms. The molecule has 0 spiro atoms. The van der Waals surface area contributed by atoms with E-state index in [1.165, 1.54) is 0 Å². The molecule has 0 aliphatic heterocycles. The minimum atomic E-state index is 0.0170. The molecule has 0 unspecified atom stereocenters. The Balaban J connectivity index is 2.77. The van der Waals surface area contributed by atoms with Crippen molar-refractivity contribution in [1.29, 1.82) is 0 Å². The second-order valence-electron chi connectivity index (χ2n) is 2.42. The van der Waals surface area contributed by atoms with Crippen molar-refractivity contribution in [2.75, 3.05) is 13.7 Å². The van der Waals surface area contributed by atoms with Crippen molar-refractivity contribution in [3.63, 3.8) is 0 Å². The Morgan fingerprint density at radius 1 is 1.42 bits per heavy atom. The molecule has 2 nitrogen and oxygen atoms in total. The van der Waals surface area contributed by atoms with Crippen LogP contribution in [0.5, 0.6) is 5.75 Å². The van der Waals surface area contributed by atoms with Gasteiger partial charge in [-0.2, -0.15) is 0 Å². The lowest BCUT2D eigenvalue weighted by atomic mass is 10.1. The van der Waals surface area contributed by atoms with Crippen LogP contribution in [0.1, 0.15) is 10.4 Å². The molecule has 0 bridgehead atoms. The molecular weight excluding hydrogens is 220 g/mol. The van der Waals surface area contributed by atoms with Gasteiger partial charge in [-0.1, -0.05) is 28.1 Å². The lowest BCUT2D eigenvalue weighted by Crippen LogP contribution is -1.94. The molecule has 0 amide bonds. The van der Waals surface area contributed by atoms with Gasteiger partial charge < -0.3 is 9.84 Å². The third kappa shape index (κ3) is 2.22. The number of benzene rings is 1. The maximum atomic E-state index is 8.84. The third-order valence-corrected chi connectivity index (χ3v) is 2.46. The van der Waals surface area contributed by atoms with E-state index in [2.05, 4.69) is 15.9 Å². The van der Waals surface area contributed by atoms with Crippen LogP contribution in [0, 0.1) is 0 Å². The Hall–Kier alpha value is -0.540. The molecule has 0 fully saturated rings. The van der Waals surface area contributed by atoms with E-state index in [1.54, 1.807) is 7.11 Å². The first-order valence-corrected chi connectivity index (χ1v) is 4.58. The SMILES string of the molecule is COc1ccc([C@H](Br)CO)cc1. The summed E-state index contributed by atoms with van der Waals surface area (Å²) >= 11 is 3.34. The quantitative estimate of drug-likeness (QED) is 0.807. The van der Waals surface area contributed by atoms with Crippen molar-refractivity contribution < 1.29 is 9.84 Å². The van der Waals surface area contributed by atoms with Crippen LogP contribution in [0.4, 0.5) is 0 Å². The summed E-state index contributed by atoms with van der Waals surface area (Å²) in [6, 6.07) is 7.60. The van der Waals surface area contributed by atoms with Gasteiger partial charge in [0.25, 0.3) is 0 Å². The van der Waals surface area contributed by atoms with Crippen molar-refractivity contribution >= 4 is 15.9 Å². The molecule has 66 valence electrons. The van der Waals surface area contributed by atoms with Gasteiger partial charge in [0.1, 0.15) is 5.75 Å². The van der Waals surface area contributed by atoms with E-state index >= 15 is 0 Å². The molecule has 1 atom stereocenters. The van der Waals surface area contributed by atoms with E-state index in [0.717, 1.165) is 11.3 Å². The minimum absolute atomic E-state index is 0.0170. The standard InChI is InChI=1S/C9H11BrO2/c1-12-8-4-2-7(3-5-8)9(10)6-11/h2-5,9,11H,6H2,1H3/t9-/m1/s1. The summed E-state index contributed by atoms with van der Waals surface area (Å²) < 4.78 is 5.00. The van der Waals surface area contributed by atoms with Gasteiger partial charge in [-0.15, -0.1) is 0 Å². The normalized spacial score (nSPS) is 12.6. The molecule has 0 aliphatic carbocycles. The monoisotopic (exact) mass is 230 g/mol. The van der Waals surface area contributed by atoms with E-state index in [1.807, 2.05) is 24.3 Å². The average Bonchev–Trinajstić information content (AvgIpc) is 2.17. The summed E-state index contributed by atoms with van der Waals surface area (Å²) in [4.78, 5) is 0.0170. The van der Waals surface area contributed by atoms with Crippen molar-refractivity contribution in [3.8, 4) is 5.75 Å². The largest absolute Gasteiger partial charge is 0.497 e. The summed E-state index contributed by atoms with van der Waals surface area (Å²) in [7, 11) is 1.63. The number of ether oxygens (including phenoxy) is 1. The van der Waals surface area contributed by atoms with Gasteiger partial charge in [-0.05, 0) is 17.7 Å². The summed E-state index contributed by atoms with van der Waals surface area (Å²) in [5.74, 6) is 0.830. The van der Waals surface area contributed by atoms with Crippen molar-refractivity contribution in [2.45, 2.75) is 4.83 Å². The average molecular weight is 231 g/mol. The van der Waals surface area contributed by atoms with Crippen LogP contribution in [0.25, 0.3) is 0 Å². The number of hydrogen-bond acceptors (Lipinski definition) is 2. The van der Waals surface area contributed by atoms with E-state index in [0.29, 0.717) is 0 Å². The zero-order valence-electron chi connectivity index (χ0n) is 6.83. The lowest BCUT2D eigenvalue weighted by Gasteiger charge is -2.06. The Morgan fingerprint density at radius 2 is 2.00 bits per heavy atom. The molecule has 1 rings (SSSR count). The van der Waals surface area contributed by atoms with Gasteiger partial charge in [0.15, 0.2) is 0 Å². The fourth-order valence-electron chi connectivity index (χ4n) is 0.918. The van der Waals surface area contributed by atoms with E-state index in [4.69, 9.17) is 9.84 Å². The minimum Gasteiger partial charge on any atom is -0.497 e. The van der Waals surface area contributed by atoms with Crippen molar-refractivity contribution in [2.24, 2.45) is 0 Å². The first-order chi connectivity index (χ1) is 5.77. The molecule has 0 aromatic heterocycles. The van der Waals surface area contributed by atoms with Crippen LogP contribution in [0.2, 0.25) is 0 Å². The first-order valence-electron chi connectivity index (χ1n) is 3.67. The Labute approximate surface area is 80.3 Å². The van der Waals surface area contributed by atoms with Crippen LogP contribution in [0.15, 0.2) is 24.3 Å². The molecule has 0 saturated carbocycles. The molecule has 3 heteroatoms. The molecule has 1 aromatic rings. The van der Waals surface area contributed by atoms with E-state index in [-0.39, 0.29) is 11.4 Å². The molecule has 1 aromatic carbocycles. The molecule has 1 N–H and O–H groups in total. The summed E-state index contributed by atoms with van der Waals surface area (Å²) in [5, 5.41) is 8.84. The molecule has 0 saturated heterocycles.